The molecule has 0 heterocycles. The summed E-state index contributed by atoms with van der Waals surface area (Å²) in [6, 6.07) is 6.09. The maximum absolute atomic E-state index is 11.6. The van der Waals surface area contributed by atoms with Crippen LogP contribution in [0.4, 0.5) is 0 Å². The van der Waals surface area contributed by atoms with Crippen LogP contribution < -0.4 is 0 Å². The Balaban J connectivity index is 2.07. The summed E-state index contributed by atoms with van der Waals surface area (Å²) in [7, 11) is 0. The van der Waals surface area contributed by atoms with Gasteiger partial charge in [0.2, 0.25) is 0 Å². The molecule has 0 saturated carbocycles. The number of aromatic hydroxyl groups is 1. The molecule has 0 saturated heterocycles. The molecule has 1 aromatic rings. The fourth-order valence-electron chi connectivity index (χ4n) is 1.77. The second-order valence-corrected chi connectivity index (χ2v) is 4.53. The van der Waals surface area contributed by atoms with Crippen molar-refractivity contribution in [2.45, 2.75) is 38.5 Å². The molecule has 0 atom stereocenters. The van der Waals surface area contributed by atoms with Crippen molar-refractivity contribution >= 4 is 5.97 Å². The fraction of sp³-hybridized carbons (Fsp3) is 0.438. The van der Waals surface area contributed by atoms with Crippen molar-refractivity contribution < 1.29 is 14.6 Å². The molecule has 104 valence electrons. The van der Waals surface area contributed by atoms with Gasteiger partial charge in [0.1, 0.15) is 5.75 Å². The number of unbranched alkanes of at least 4 members (excludes halogenated alkanes) is 5. The molecule has 0 aromatic heterocycles. The molecule has 0 fully saturated rings. The van der Waals surface area contributed by atoms with Crippen LogP contribution in [0.3, 0.4) is 0 Å². The standard InChI is InChI=1S/C16H22O3/c1-2-3-4-5-6-7-8-13-19-16(18)14-9-11-15(17)12-10-14/h2,9-12,17H,1,3-8,13H2. The molecule has 1 rings (SSSR count). The molecule has 0 aliphatic carbocycles. The van der Waals surface area contributed by atoms with Crippen LogP contribution in [0.15, 0.2) is 36.9 Å². The number of hydrogen-bond acceptors (Lipinski definition) is 3. The number of hydrogen-bond donors (Lipinski definition) is 1. The molecule has 0 amide bonds. The van der Waals surface area contributed by atoms with Crippen molar-refractivity contribution in [3.63, 3.8) is 0 Å². The summed E-state index contributed by atoms with van der Waals surface area (Å²) in [5.41, 5.74) is 0.476. The van der Waals surface area contributed by atoms with Crippen molar-refractivity contribution in [1.82, 2.24) is 0 Å². The lowest BCUT2D eigenvalue weighted by molar-refractivity contribution is 0.0497. The summed E-state index contributed by atoms with van der Waals surface area (Å²) in [6.45, 7) is 4.15. The first-order valence-electron chi connectivity index (χ1n) is 6.81. The highest BCUT2D eigenvalue weighted by Crippen LogP contribution is 2.11. The van der Waals surface area contributed by atoms with Gasteiger partial charge in [-0.25, -0.2) is 4.79 Å². The van der Waals surface area contributed by atoms with Gasteiger partial charge in [-0.3, -0.25) is 0 Å². The molecule has 0 aliphatic rings. The van der Waals surface area contributed by atoms with E-state index in [0.717, 1.165) is 19.3 Å². The van der Waals surface area contributed by atoms with Crippen LogP contribution in [0, 0.1) is 0 Å². The van der Waals surface area contributed by atoms with Gasteiger partial charge in [-0.05, 0) is 43.5 Å². The third-order valence-corrected chi connectivity index (χ3v) is 2.89. The quantitative estimate of drug-likeness (QED) is 0.414. The van der Waals surface area contributed by atoms with Crippen molar-refractivity contribution in [3.8, 4) is 5.75 Å². The van der Waals surface area contributed by atoms with Gasteiger partial charge in [0.25, 0.3) is 0 Å². The van der Waals surface area contributed by atoms with Crippen LogP contribution >= 0.6 is 0 Å². The van der Waals surface area contributed by atoms with Gasteiger partial charge in [0.05, 0.1) is 12.2 Å². The molecule has 1 aromatic carbocycles. The van der Waals surface area contributed by atoms with Gasteiger partial charge in [-0.2, -0.15) is 0 Å². The Morgan fingerprint density at radius 1 is 1.11 bits per heavy atom. The first-order valence-corrected chi connectivity index (χ1v) is 6.81. The van der Waals surface area contributed by atoms with E-state index in [1.807, 2.05) is 6.08 Å². The summed E-state index contributed by atoms with van der Waals surface area (Å²) in [5.74, 6) is -0.178. The van der Waals surface area contributed by atoms with E-state index in [2.05, 4.69) is 6.58 Å². The summed E-state index contributed by atoms with van der Waals surface area (Å²) >= 11 is 0. The predicted molar refractivity (Wildman–Crippen MR) is 76.3 cm³/mol. The third kappa shape index (κ3) is 6.65. The molecular formula is C16H22O3. The summed E-state index contributed by atoms with van der Waals surface area (Å²) in [4.78, 5) is 11.6. The highest BCUT2D eigenvalue weighted by Gasteiger charge is 2.06. The largest absolute Gasteiger partial charge is 0.508 e. The molecule has 0 unspecified atom stereocenters. The first kappa shape index (κ1) is 15.3. The van der Waals surface area contributed by atoms with Gasteiger partial charge in [-0.15, -0.1) is 6.58 Å². The maximum Gasteiger partial charge on any atom is 0.338 e. The molecular weight excluding hydrogens is 240 g/mol. The number of carbonyl (C=O) groups excluding carboxylic acids is 1. The van der Waals surface area contributed by atoms with Crippen LogP contribution in [0.1, 0.15) is 48.9 Å². The highest BCUT2D eigenvalue weighted by atomic mass is 16.5. The Kier molecular flexibility index (Phi) is 7.40. The highest BCUT2D eigenvalue weighted by molar-refractivity contribution is 5.89. The molecule has 0 spiro atoms. The Morgan fingerprint density at radius 2 is 1.74 bits per heavy atom. The van der Waals surface area contributed by atoms with E-state index >= 15 is 0 Å². The van der Waals surface area contributed by atoms with Crippen molar-refractivity contribution in [2.75, 3.05) is 6.61 Å². The van der Waals surface area contributed by atoms with Crippen LogP contribution in [0.5, 0.6) is 5.75 Å². The van der Waals surface area contributed by atoms with Crippen molar-refractivity contribution in [3.05, 3.63) is 42.5 Å². The Labute approximate surface area is 114 Å². The monoisotopic (exact) mass is 262 g/mol. The predicted octanol–water partition coefficient (Wildman–Crippen LogP) is 4.08. The number of allylic oxidation sites excluding steroid dienone is 1. The fourth-order valence-corrected chi connectivity index (χ4v) is 1.77. The molecule has 0 aliphatic heterocycles. The Bertz CT molecular complexity index is 381. The molecule has 3 heteroatoms. The number of carbonyl (C=O) groups is 1. The maximum atomic E-state index is 11.6. The minimum Gasteiger partial charge on any atom is -0.508 e. The Morgan fingerprint density at radius 3 is 2.42 bits per heavy atom. The zero-order valence-electron chi connectivity index (χ0n) is 11.3. The van der Waals surface area contributed by atoms with Crippen LogP contribution in [-0.4, -0.2) is 17.7 Å². The number of phenols is 1. The molecule has 0 bridgehead atoms. The van der Waals surface area contributed by atoms with Crippen LogP contribution in [0.2, 0.25) is 0 Å². The minimum absolute atomic E-state index is 0.149. The van der Waals surface area contributed by atoms with Crippen molar-refractivity contribution in [2.24, 2.45) is 0 Å². The minimum atomic E-state index is -0.327. The lowest BCUT2D eigenvalue weighted by Crippen LogP contribution is -2.06. The first-order chi connectivity index (χ1) is 9.24. The molecule has 1 N–H and O–H groups in total. The van der Waals surface area contributed by atoms with Gasteiger partial charge >= 0.3 is 5.97 Å². The van der Waals surface area contributed by atoms with Gasteiger partial charge in [0.15, 0.2) is 0 Å². The molecule has 3 nitrogen and oxygen atoms in total. The third-order valence-electron chi connectivity index (χ3n) is 2.89. The normalized spacial score (nSPS) is 10.1. The lowest BCUT2D eigenvalue weighted by Gasteiger charge is -2.05. The van der Waals surface area contributed by atoms with E-state index in [9.17, 15) is 4.79 Å². The number of esters is 1. The van der Waals surface area contributed by atoms with Gasteiger partial charge in [0, 0.05) is 0 Å². The van der Waals surface area contributed by atoms with Crippen LogP contribution in [-0.2, 0) is 4.74 Å². The molecule has 19 heavy (non-hydrogen) atoms. The summed E-state index contributed by atoms with van der Waals surface area (Å²) in [5, 5.41) is 9.11. The number of ether oxygens (including phenoxy) is 1. The Hall–Kier alpha value is -1.77. The van der Waals surface area contributed by atoms with E-state index in [4.69, 9.17) is 9.84 Å². The van der Waals surface area contributed by atoms with E-state index in [0.29, 0.717) is 12.2 Å². The number of rotatable bonds is 9. The number of phenolic OH excluding ortho intramolecular Hbond substituents is 1. The topological polar surface area (TPSA) is 46.5 Å². The summed E-state index contributed by atoms with van der Waals surface area (Å²) < 4.78 is 5.16. The zero-order chi connectivity index (χ0) is 13.9. The van der Waals surface area contributed by atoms with E-state index in [-0.39, 0.29) is 11.7 Å². The second kappa shape index (κ2) is 9.20. The molecule has 0 radical (unpaired) electrons. The SMILES string of the molecule is C=CCCCCCCCOC(=O)c1ccc(O)cc1. The van der Waals surface area contributed by atoms with Crippen molar-refractivity contribution in [1.29, 1.82) is 0 Å². The number of benzene rings is 1. The lowest BCUT2D eigenvalue weighted by atomic mass is 10.1. The average molecular weight is 262 g/mol. The van der Waals surface area contributed by atoms with E-state index in [1.165, 1.54) is 31.4 Å². The van der Waals surface area contributed by atoms with Crippen LogP contribution in [0.25, 0.3) is 0 Å². The van der Waals surface area contributed by atoms with E-state index < -0.39 is 0 Å². The second-order valence-electron chi connectivity index (χ2n) is 4.53. The van der Waals surface area contributed by atoms with Gasteiger partial charge < -0.3 is 9.84 Å². The van der Waals surface area contributed by atoms with E-state index in [1.54, 1.807) is 12.1 Å². The zero-order valence-corrected chi connectivity index (χ0v) is 11.3. The smallest absolute Gasteiger partial charge is 0.338 e. The average Bonchev–Trinajstić information content (AvgIpc) is 2.42. The van der Waals surface area contributed by atoms with Gasteiger partial charge in [-0.1, -0.05) is 25.3 Å². The summed E-state index contributed by atoms with van der Waals surface area (Å²) in [6.07, 6.45) is 8.58.